The number of nitrogens with one attached hydrogen (secondary N) is 2. The molecule has 0 amide bonds. The van der Waals surface area contributed by atoms with Crippen LogP contribution in [0.15, 0.2) is 18.2 Å². The van der Waals surface area contributed by atoms with Crippen molar-refractivity contribution in [2.45, 2.75) is 6.92 Å². The van der Waals surface area contributed by atoms with Crippen molar-refractivity contribution >= 4 is 21.5 Å². The number of nitrogen functional groups attached to an aromatic ring is 1. The van der Waals surface area contributed by atoms with Gasteiger partial charge in [-0.3, -0.25) is 10.1 Å². The van der Waals surface area contributed by atoms with Crippen molar-refractivity contribution in [3.63, 3.8) is 0 Å². The molecule has 8 heteroatoms. The summed E-state index contributed by atoms with van der Waals surface area (Å²) < 4.78 is 43.7. The lowest BCUT2D eigenvalue weighted by Gasteiger charge is -2.11. The van der Waals surface area contributed by atoms with E-state index in [9.17, 15) is 12.8 Å². The van der Waals surface area contributed by atoms with Crippen molar-refractivity contribution in [2.75, 3.05) is 23.7 Å². The minimum atomic E-state index is -3.63. The van der Waals surface area contributed by atoms with Gasteiger partial charge in [0.25, 0.3) is 0 Å². The fourth-order valence-corrected chi connectivity index (χ4v) is 2.31. The zero-order valence-electron chi connectivity index (χ0n) is 10.4. The van der Waals surface area contributed by atoms with Crippen LogP contribution in [0.5, 0.6) is 0 Å². The maximum absolute atomic E-state index is 13.0. The fraction of sp³-hybridized carbons (Fsp3) is 0.364. The lowest BCUT2D eigenvalue weighted by atomic mass is 10.1. The Kier molecular flexibility index (Phi) is 5.25. The van der Waals surface area contributed by atoms with Gasteiger partial charge in [0.15, 0.2) is 0 Å². The van der Waals surface area contributed by atoms with Crippen molar-refractivity contribution in [2.24, 2.45) is 5.73 Å². The number of nitrogens with two attached hydrogens (primary N) is 1. The molecular formula is C11H16FN3O3S. The van der Waals surface area contributed by atoms with Crippen LogP contribution in [0.4, 0.5) is 10.1 Å². The summed E-state index contributed by atoms with van der Waals surface area (Å²) in [5.74, 6) is -1.24. The molecule has 0 saturated carbocycles. The van der Waals surface area contributed by atoms with Gasteiger partial charge in [-0.25, -0.2) is 12.8 Å². The van der Waals surface area contributed by atoms with Crippen molar-refractivity contribution < 1.29 is 17.5 Å². The first-order valence-corrected chi connectivity index (χ1v) is 7.23. The molecular weight excluding hydrogens is 273 g/mol. The Balaban J connectivity index is 2.90. The molecule has 0 heterocycles. The molecule has 1 aromatic carbocycles. The number of anilines is 1. The van der Waals surface area contributed by atoms with E-state index >= 15 is 0 Å². The van der Waals surface area contributed by atoms with Crippen LogP contribution < -0.4 is 10.5 Å². The molecule has 0 bridgehead atoms. The quantitative estimate of drug-likeness (QED) is 0.394. The van der Waals surface area contributed by atoms with Gasteiger partial charge in [-0.15, -0.1) is 0 Å². The number of hydrogen-bond donors (Lipinski definition) is 3. The second-order valence-corrected chi connectivity index (χ2v) is 5.56. The van der Waals surface area contributed by atoms with E-state index in [1.807, 2.05) is 0 Å². The third kappa shape index (κ3) is 4.84. The summed E-state index contributed by atoms with van der Waals surface area (Å²) in [6.07, 6.45) is 0. The molecule has 1 aromatic rings. The fourth-order valence-electron chi connectivity index (χ4n) is 1.36. The van der Waals surface area contributed by atoms with Crippen LogP contribution >= 0.6 is 0 Å². The number of rotatable bonds is 7. The average Bonchev–Trinajstić information content (AvgIpc) is 2.31. The number of benzene rings is 1. The molecule has 0 aliphatic rings. The van der Waals surface area contributed by atoms with Gasteiger partial charge in [0, 0.05) is 12.2 Å². The summed E-state index contributed by atoms with van der Waals surface area (Å²) in [6.45, 7) is 2.24. The van der Waals surface area contributed by atoms with Crippen LogP contribution in [0.25, 0.3) is 0 Å². The topological polar surface area (TPSA) is 105 Å². The van der Waals surface area contributed by atoms with Crippen molar-refractivity contribution in [3.8, 4) is 0 Å². The van der Waals surface area contributed by atoms with Gasteiger partial charge in [-0.05, 0) is 25.1 Å². The minimum Gasteiger partial charge on any atom is -0.384 e. The van der Waals surface area contributed by atoms with Gasteiger partial charge in [0.05, 0.1) is 18.0 Å². The van der Waals surface area contributed by atoms with E-state index < -0.39 is 21.7 Å². The Labute approximate surface area is 111 Å². The van der Waals surface area contributed by atoms with Gasteiger partial charge in [0.1, 0.15) is 11.7 Å². The SMILES string of the molecule is CCOCCS(=O)(=O)Nc1ccc(F)cc1C(=N)N. The number of ether oxygens (including phenoxy) is 1. The van der Waals surface area contributed by atoms with Crippen LogP contribution in [0.3, 0.4) is 0 Å². The predicted octanol–water partition coefficient (Wildman–Crippen LogP) is 0.888. The van der Waals surface area contributed by atoms with Gasteiger partial charge in [-0.2, -0.15) is 0 Å². The molecule has 19 heavy (non-hydrogen) atoms. The first-order valence-electron chi connectivity index (χ1n) is 5.58. The Morgan fingerprint density at radius 1 is 1.53 bits per heavy atom. The van der Waals surface area contributed by atoms with Crippen LogP contribution in [0.1, 0.15) is 12.5 Å². The van der Waals surface area contributed by atoms with E-state index in [0.717, 1.165) is 12.1 Å². The van der Waals surface area contributed by atoms with Crippen molar-refractivity contribution in [1.29, 1.82) is 5.41 Å². The predicted molar refractivity (Wildman–Crippen MR) is 71.3 cm³/mol. The second-order valence-electron chi connectivity index (χ2n) is 3.72. The zero-order valence-corrected chi connectivity index (χ0v) is 11.3. The summed E-state index contributed by atoms with van der Waals surface area (Å²) in [5.41, 5.74) is 5.36. The highest BCUT2D eigenvalue weighted by Gasteiger charge is 2.14. The highest BCUT2D eigenvalue weighted by Crippen LogP contribution is 2.18. The molecule has 0 aliphatic carbocycles. The maximum Gasteiger partial charge on any atom is 0.235 e. The molecule has 6 nitrogen and oxygen atoms in total. The van der Waals surface area contributed by atoms with E-state index in [1.165, 1.54) is 6.07 Å². The van der Waals surface area contributed by atoms with Crippen molar-refractivity contribution in [1.82, 2.24) is 0 Å². The molecule has 0 unspecified atom stereocenters. The second kappa shape index (κ2) is 6.48. The Morgan fingerprint density at radius 2 is 2.21 bits per heavy atom. The Bertz CT molecular complexity index is 560. The van der Waals surface area contributed by atoms with Crippen LogP contribution in [-0.4, -0.2) is 33.2 Å². The number of sulfonamides is 1. The number of amidine groups is 1. The standard InChI is InChI=1S/C11H16FN3O3S/c1-2-18-5-6-19(16,17)15-10-4-3-8(12)7-9(10)11(13)14/h3-4,7,15H,2,5-6H2,1H3,(H3,13,14). The molecule has 0 aliphatic heterocycles. The molecule has 0 aromatic heterocycles. The van der Waals surface area contributed by atoms with Gasteiger partial charge in [0.2, 0.25) is 10.0 Å². The maximum atomic E-state index is 13.0. The molecule has 0 fully saturated rings. The van der Waals surface area contributed by atoms with E-state index in [2.05, 4.69) is 4.72 Å². The van der Waals surface area contributed by atoms with Gasteiger partial charge < -0.3 is 10.5 Å². The third-order valence-corrected chi connectivity index (χ3v) is 3.47. The largest absolute Gasteiger partial charge is 0.384 e. The Hall–Kier alpha value is -1.67. The van der Waals surface area contributed by atoms with E-state index in [4.69, 9.17) is 15.9 Å². The monoisotopic (exact) mass is 289 g/mol. The molecule has 4 N–H and O–H groups in total. The smallest absolute Gasteiger partial charge is 0.235 e. The average molecular weight is 289 g/mol. The molecule has 0 radical (unpaired) electrons. The van der Waals surface area contributed by atoms with Crippen molar-refractivity contribution in [3.05, 3.63) is 29.6 Å². The minimum absolute atomic E-state index is 0.0000140. The highest BCUT2D eigenvalue weighted by molar-refractivity contribution is 7.92. The number of hydrogen-bond acceptors (Lipinski definition) is 4. The first kappa shape index (κ1) is 15.4. The highest BCUT2D eigenvalue weighted by atomic mass is 32.2. The lowest BCUT2D eigenvalue weighted by molar-refractivity contribution is 0.163. The van der Waals surface area contributed by atoms with Gasteiger partial charge >= 0.3 is 0 Å². The van der Waals surface area contributed by atoms with Gasteiger partial charge in [-0.1, -0.05) is 0 Å². The summed E-state index contributed by atoms with van der Waals surface area (Å²) in [4.78, 5) is 0. The summed E-state index contributed by atoms with van der Waals surface area (Å²) in [7, 11) is -3.63. The molecule has 0 saturated heterocycles. The van der Waals surface area contributed by atoms with E-state index in [1.54, 1.807) is 6.92 Å². The third-order valence-electron chi connectivity index (χ3n) is 2.24. The van der Waals surface area contributed by atoms with E-state index in [-0.39, 0.29) is 23.6 Å². The van der Waals surface area contributed by atoms with E-state index in [0.29, 0.717) is 6.61 Å². The van der Waals surface area contributed by atoms with Crippen LogP contribution in [0.2, 0.25) is 0 Å². The van der Waals surface area contributed by atoms with Crippen LogP contribution in [-0.2, 0) is 14.8 Å². The van der Waals surface area contributed by atoms with Crippen LogP contribution in [0, 0.1) is 11.2 Å². The summed E-state index contributed by atoms with van der Waals surface area (Å²) >= 11 is 0. The molecule has 106 valence electrons. The normalized spacial score (nSPS) is 11.3. The number of halogens is 1. The molecule has 0 atom stereocenters. The first-order chi connectivity index (χ1) is 8.85. The molecule has 1 rings (SSSR count). The Morgan fingerprint density at radius 3 is 2.79 bits per heavy atom. The molecule has 0 spiro atoms. The summed E-state index contributed by atoms with van der Waals surface area (Å²) in [5, 5.41) is 7.30. The zero-order chi connectivity index (χ0) is 14.5. The lowest BCUT2D eigenvalue weighted by Crippen LogP contribution is -2.23. The summed E-state index contributed by atoms with van der Waals surface area (Å²) in [6, 6.07) is 3.32.